The summed E-state index contributed by atoms with van der Waals surface area (Å²) in [6, 6.07) is 28.9. The quantitative estimate of drug-likeness (QED) is 0.258. The molecule has 0 unspecified atom stereocenters. The van der Waals surface area contributed by atoms with E-state index in [9.17, 15) is 14.0 Å². The molecule has 7 heteroatoms. The average molecular weight is 531 g/mol. The zero-order valence-electron chi connectivity index (χ0n) is 18.4. The average Bonchev–Trinajstić information content (AvgIpc) is 2.87. The number of nitrogens with one attached hydrogen (secondary N) is 2. The highest BCUT2D eigenvalue weighted by Crippen LogP contribution is 2.29. The van der Waals surface area contributed by atoms with Crippen LogP contribution in [0.4, 0.5) is 10.1 Å². The minimum atomic E-state index is -0.730. The van der Waals surface area contributed by atoms with Crippen molar-refractivity contribution >= 4 is 39.5 Å². The lowest BCUT2D eigenvalue weighted by molar-refractivity contribution is -0.113. The van der Waals surface area contributed by atoms with Crippen LogP contribution >= 0.6 is 15.9 Å². The summed E-state index contributed by atoms with van der Waals surface area (Å²) in [5.74, 6) is -0.696. The van der Waals surface area contributed by atoms with E-state index in [2.05, 4.69) is 26.6 Å². The summed E-state index contributed by atoms with van der Waals surface area (Å²) in [6.45, 7) is 0. The second-order valence-corrected chi connectivity index (χ2v) is 8.27. The fourth-order valence-electron chi connectivity index (χ4n) is 3.17. The third-order valence-electron chi connectivity index (χ3n) is 4.90. The van der Waals surface area contributed by atoms with Crippen LogP contribution < -0.4 is 15.4 Å². The number of carbonyl (C=O) groups excluding carboxylic acids is 2. The van der Waals surface area contributed by atoms with Gasteiger partial charge in [0.15, 0.2) is 0 Å². The second-order valence-electron chi connectivity index (χ2n) is 7.41. The molecule has 2 N–H and O–H groups in total. The van der Waals surface area contributed by atoms with Crippen LogP contribution in [0.5, 0.6) is 11.5 Å². The first kappa shape index (κ1) is 23.9. The van der Waals surface area contributed by atoms with Crippen molar-refractivity contribution in [3.05, 3.63) is 130 Å². The van der Waals surface area contributed by atoms with E-state index < -0.39 is 17.6 Å². The number of para-hydroxylation sites is 2. The van der Waals surface area contributed by atoms with Crippen LogP contribution in [0.15, 0.2) is 113 Å². The lowest BCUT2D eigenvalue weighted by atomic mass is 10.1. The van der Waals surface area contributed by atoms with Crippen LogP contribution in [0.1, 0.15) is 15.9 Å². The van der Waals surface area contributed by atoms with Crippen LogP contribution in [-0.4, -0.2) is 11.8 Å². The summed E-state index contributed by atoms with van der Waals surface area (Å²) in [4.78, 5) is 25.7. The molecule has 174 valence electrons. The van der Waals surface area contributed by atoms with Gasteiger partial charge in [-0.15, -0.1) is 0 Å². The molecule has 0 aliphatic heterocycles. The number of benzene rings is 4. The minimum absolute atomic E-state index is 0.0402. The molecule has 5 nitrogen and oxygen atoms in total. The fraction of sp³-hybridized carbons (Fsp3) is 0. The van der Waals surface area contributed by atoms with E-state index in [1.807, 2.05) is 30.3 Å². The molecule has 0 saturated heterocycles. The molecule has 0 atom stereocenters. The first-order valence-corrected chi connectivity index (χ1v) is 11.5. The number of hydrogen-bond acceptors (Lipinski definition) is 3. The van der Waals surface area contributed by atoms with Gasteiger partial charge in [0.1, 0.15) is 23.0 Å². The first-order chi connectivity index (χ1) is 17.0. The molecule has 4 aromatic rings. The molecule has 0 aliphatic carbocycles. The van der Waals surface area contributed by atoms with Crippen molar-refractivity contribution in [1.82, 2.24) is 5.32 Å². The molecule has 0 radical (unpaired) electrons. The number of rotatable bonds is 7. The molecule has 0 heterocycles. The van der Waals surface area contributed by atoms with E-state index in [0.717, 1.165) is 4.47 Å². The van der Waals surface area contributed by atoms with Crippen molar-refractivity contribution in [1.29, 1.82) is 0 Å². The SMILES string of the molecule is O=C(Nc1ccccc1)/C(=C/c1ccc(Oc2ccccc2Br)cc1)NC(=O)c1ccccc1F. The van der Waals surface area contributed by atoms with Crippen LogP contribution in [0.2, 0.25) is 0 Å². The molecule has 0 aromatic heterocycles. The standard InChI is InChI=1S/C28H20BrFN2O3/c29-23-11-5-7-13-26(23)35-21-16-14-19(15-17-21)18-25(28(34)31-20-8-2-1-3-9-20)32-27(33)22-10-4-6-12-24(22)30/h1-18H,(H,31,34)(H,32,33)/b25-18-. The highest BCUT2D eigenvalue weighted by atomic mass is 79.9. The van der Waals surface area contributed by atoms with Gasteiger partial charge < -0.3 is 15.4 Å². The van der Waals surface area contributed by atoms with E-state index in [4.69, 9.17) is 4.74 Å². The third kappa shape index (κ3) is 6.43. The van der Waals surface area contributed by atoms with Crippen LogP contribution in [0.3, 0.4) is 0 Å². The third-order valence-corrected chi connectivity index (χ3v) is 5.55. The van der Waals surface area contributed by atoms with E-state index in [1.165, 1.54) is 24.3 Å². The van der Waals surface area contributed by atoms with E-state index >= 15 is 0 Å². The Morgan fingerprint density at radius 3 is 2.17 bits per heavy atom. The molecule has 0 aliphatic rings. The van der Waals surface area contributed by atoms with Crippen molar-refractivity contribution in [3.8, 4) is 11.5 Å². The van der Waals surface area contributed by atoms with Gasteiger partial charge >= 0.3 is 0 Å². The second kappa shape index (κ2) is 11.3. The zero-order chi connectivity index (χ0) is 24.6. The number of anilines is 1. The lowest BCUT2D eigenvalue weighted by Crippen LogP contribution is -2.31. The van der Waals surface area contributed by atoms with Crippen LogP contribution in [-0.2, 0) is 4.79 Å². The number of hydrogen-bond donors (Lipinski definition) is 2. The van der Waals surface area contributed by atoms with E-state index in [1.54, 1.807) is 54.6 Å². The molecule has 4 aromatic carbocycles. The normalized spacial score (nSPS) is 11.0. The van der Waals surface area contributed by atoms with Gasteiger partial charge in [0, 0.05) is 5.69 Å². The molecular weight excluding hydrogens is 511 g/mol. The maximum absolute atomic E-state index is 14.1. The fourth-order valence-corrected chi connectivity index (χ4v) is 3.53. The maximum atomic E-state index is 14.1. The number of carbonyl (C=O) groups is 2. The summed E-state index contributed by atoms with van der Waals surface area (Å²) in [6.07, 6.45) is 1.51. The molecule has 0 fully saturated rings. The summed E-state index contributed by atoms with van der Waals surface area (Å²) >= 11 is 3.45. The summed E-state index contributed by atoms with van der Waals surface area (Å²) in [7, 11) is 0. The van der Waals surface area contributed by atoms with Gasteiger partial charge in [0.25, 0.3) is 11.8 Å². The maximum Gasteiger partial charge on any atom is 0.272 e. The molecule has 2 amide bonds. The smallest absolute Gasteiger partial charge is 0.272 e. The Hall–Kier alpha value is -4.23. The van der Waals surface area contributed by atoms with Crippen molar-refractivity contribution in [3.63, 3.8) is 0 Å². The Morgan fingerprint density at radius 2 is 1.46 bits per heavy atom. The Bertz CT molecular complexity index is 1370. The van der Waals surface area contributed by atoms with Gasteiger partial charge in [0.05, 0.1) is 10.0 Å². The number of halogens is 2. The van der Waals surface area contributed by atoms with Crippen molar-refractivity contribution < 1.29 is 18.7 Å². The predicted octanol–water partition coefficient (Wildman–Crippen LogP) is 6.79. The minimum Gasteiger partial charge on any atom is -0.456 e. The van der Waals surface area contributed by atoms with E-state index in [-0.39, 0.29) is 11.3 Å². The molecule has 0 spiro atoms. The predicted molar refractivity (Wildman–Crippen MR) is 138 cm³/mol. The Labute approximate surface area is 210 Å². The van der Waals surface area contributed by atoms with E-state index in [0.29, 0.717) is 22.7 Å². The number of ether oxygens (including phenoxy) is 1. The van der Waals surface area contributed by atoms with Gasteiger partial charge in [-0.05, 0) is 76.1 Å². The van der Waals surface area contributed by atoms with Crippen LogP contribution in [0, 0.1) is 5.82 Å². The van der Waals surface area contributed by atoms with Gasteiger partial charge in [-0.2, -0.15) is 0 Å². The molecule has 4 rings (SSSR count). The molecule has 0 bridgehead atoms. The molecule has 0 saturated carbocycles. The van der Waals surface area contributed by atoms with Crippen molar-refractivity contribution in [2.24, 2.45) is 0 Å². The first-order valence-electron chi connectivity index (χ1n) is 10.7. The molecule has 35 heavy (non-hydrogen) atoms. The topological polar surface area (TPSA) is 67.4 Å². The van der Waals surface area contributed by atoms with Crippen LogP contribution in [0.25, 0.3) is 6.08 Å². The molecular formula is C28H20BrFN2O3. The van der Waals surface area contributed by atoms with Gasteiger partial charge in [-0.3, -0.25) is 9.59 Å². The van der Waals surface area contributed by atoms with Gasteiger partial charge in [-0.25, -0.2) is 4.39 Å². The number of amides is 2. The summed E-state index contributed by atoms with van der Waals surface area (Å²) < 4.78 is 20.8. The highest BCUT2D eigenvalue weighted by Gasteiger charge is 2.17. The zero-order valence-corrected chi connectivity index (χ0v) is 20.0. The van der Waals surface area contributed by atoms with Crippen molar-refractivity contribution in [2.45, 2.75) is 0 Å². The largest absolute Gasteiger partial charge is 0.456 e. The summed E-state index contributed by atoms with van der Waals surface area (Å²) in [5.41, 5.74) is 0.988. The lowest BCUT2D eigenvalue weighted by Gasteiger charge is -2.12. The van der Waals surface area contributed by atoms with Gasteiger partial charge in [0.2, 0.25) is 0 Å². The Morgan fingerprint density at radius 1 is 0.800 bits per heavy atom. The summed E-state index contributed by atoms with van der Waals surface area (Å²) in [5, 5.41) is 5.28. The Balaban J connectivity index is 1.58. The van der Waals surface area contributed by atoms with Crippen molar-refractivity contribution in [2.75, 3.05) is 5.32 Å². The van der Waals surface area contributed by atoms with Gasteiger partial charge in [-0.1, -0.05) is 54.6 Å². The highest BCUT2D eigenvalue weighted by molar-refractivity contribution is 9.10. The monoisotopic (exact) mass is 530 g/mol. The Kier molecular flexibility index (Phi) is 7.70.